The Hall–Kier alpha value is -2.54. The molecule has 6 nitrogen and oxygen atoms in total. The van der Waals surface area contributed by atoms with Gasteiger partial charge < -0.3 is 9.47 Å². The number of benzene rings is 2. The van der Waals surface area contributed by atoms with Crippen molar-refractivity contribution < 1.29 is 22.7 Å². The molecule has 0 radical (unpaired) electrons. The van der Waals surface area contributed by atoms with Crippen molar-refractivity contribution in [3.63, 3.8) is 0 Å². The first kappa shape index (κ1) is 18.3. The molecule has 7 heteroatoms. The van der Waals surface area contributed by atoms with E-state index >= 15 is 0 Å². The van der Waals surface area contributed by atoms with Crippen molar-refractivity contribution in [3.8, 4) is 11.5 Å². The lowest BCUT2D eigenvalue weighted by atomic mass is 10.0. The molecule has 2 aromatic rings. The van der Waals surface area contributed by atoms with E-state index in [0.717, 1.165) is 18.2 Å². The molecule has 0 saturated heterocycles. The fraction of sp³-hybridized carbons (Fsp3) is 0.316. The summed E-state index contributed by atoms with van der Waals surface area (Å²) in [5.41, 5.74) is 1.17. The van der Waals surface area contributed by atoms with Crippen LogP contribution in [0.3, 0.4) is 0 Å². The maximum Gasteiger partial charge on any atom is 0.279 e. The smallest absolute Gasteiger partial charge is 0.279 e. The minimum absolute atomic E-state index is 0.362. The lowest BCUT2D eigenvalue weighted by molar-refractivity contribution is -0.126. The Labute approximate surface area is 153 Å². The van der Waals surface area contributed by atoms with Crippen molar-refractivity contribution in [2.45, 2.75) is 32.0 Å². The van der Waals surface area contributed by atoms with E-state index in [2.05, 4.69) is 0 Å². The van der Waals surface area contributed by atoms with Crippen LogP contribution in [0.5, 0.6) is 11.5 Å². The van der Waals surface area contributed by atoms with Crippen molar-refractivity contribution >= 4 is 15.9 Å². The summed E-state index contributed by atoms with van der Waals surface area (Å²) in [5.74, 6) is 0.240. The predicted octanol–water partition coefficient (Wildman–Crippen LogP) is 2.60. The Morgan fingerprint density at radius 3 is 2.50 bits per heavy atom. The minimum atomic E-state index is -3.71. The van der Waals surface area contributed by atoms with E-state index in [1.165, 1.54) is 0 Å². The van der Waals surface area contributed by atoms with Crippen molar-refractivity contribution in [2.75, 3.05) is 6.26 Å². The summed E-state index contributed by atoms with van der Waals surface area (Å²) in [4.78, 5) is 12.5. The van der Waals surface area contributed by atoms with E-state index in [4.69, 9.17) is 9.47 Å². The van der Waals surface area contributed by atoms with Crippen LogP contribution in [-0.4, -0.2) is 26.2 Å². The van der Waals surface area contributed by atoms with Crippen LogP contribution >= 0.6 is 0 Å². The van der Waals surface area contributed by atoms with Gasteiger partial charge in [0, 0.05) is 17.5 Å². The number of para-hydroxylation sites is 1. The largest absolute Gasteiger partial charge is 0.483 e. The average Bonchev–Trinajstić information content (AvgIpc) is 2.86. The van der Waals surface area contributed by atoms with Gasteiger partial charge in [0.1, 0.15) is 5.60 Å². The number of rotatable bonds is 5. The highest BCUT2D eigenvalue weighted by atomic mass is 32.2. The number of hydrogen-bond donors (Lipinski definition) is 1. The van der Waals surface area contributed by atoms with Gasteiger partial charge in [-0.1, -0.05) is 42.5 Å². The van der Waals surface area contributed by atoms with E-state index in [1.54, 1.807) is 36.4 Å². The van der Waals surface area contributed by atoms with E-state index in [1.807, 2.05) is 30.7 Å². The molecular formula is C19H21NO5S. The third kappa shape index (κ3) is 4.16. The summed E-state index contributed by atoms with van der Waals surface area (Å²) in [5, 5.41) is 0. The molecule has 1 amide bonds. The highest BCUT2D eigenvalue weighted by molar-refractivity contribution is 7.89. The van der Waals surface area contributed by atoms with Crippen LogP contribution in [0.4, 0.5) is 0 Å². The van der Waals surface area contributed by atoms with Gasteiger partial charge in [0.15, 0.2) is 11.5 Å². The summed E-state index contributed by atoms with van der Waals surface area (Å²) in [7, 11) is -3.71. The van der Waals surface area contributed by atoms with Crippen LogP contribution < -0.4 is 14.2 Å². The third-order valence-electron chi connectivity index (χ3n) is 3.93. The first-order valence-corrected chi connectivity index (χ1v) is 10.1. The Balaban J connectivity index is 1.96. The molecule has 3 rings (SSSR count). The quantitative estimate of drug-likeness (QED) is 0.869. The van der Waals surface area contributed by atoms with Crippen LogP contribution in [0, 0.1) is 0 Å². The molecule has 138 valence electrons. The molecule has 0 aliphatic carbocycles. The molecule has 26 heavy (non-hydrogen) atoms. The molecule has 0 aromatic heterocycles. The molecular weight excluding hydrogens is 354 g/mol. The molecule has 0 spiro atoms. The molecule has 0 fully saturated rings. The molecule has 0 unspecified atom stereocenters. The Morgan fingerprint density at radius 1 is 1.15 bits per heavy atom. The van der Waals surface area contributed by atoms with Gasteiger partial charge >= 0.3 is 0 Å². The van der Waals surface area contributed by atoms with Gasteiger partial charge in [0.2, 0.25) is 16.1 Å². The Kier molecular flexibility index (Phi) is 4.66. The number of fused-ring (bicyclic) bond motifs is 1. The van der Waals surface area contributed by atoms with Gasteiger partial charge in [-0.15, -0.1) is 0 Å². The molecule has 1 aliphatic rings. The zero-order valence-electron chi connectivity index (χ0n) is 14.9. The fourth-order valence-electron chi connectivity index (χ4n) is 2.94. The third-order valence-corrected chi connectivity index (χ3v) is 4.50. The Morgan fingerprint density at radius 2 is 1.85 bits per heavy atom. The number of ether oxygens (including phenoxy) is 2. The number of hydrogen-bond acceptors (Lipinski definition) is 5. The van der Waals surface area contributed by atoms with Crippen molar-refractivity contribution in [3.05, 3.63) is 59.7 Å². The molecule has 1 N–H and O–H groups in total. The summed E-state index contributed by atoms with van der Waals surface area (Å²) < 4.78 is 36.9. The topological polar surface area (TPSA) is 81.7 Å². The molecule has 0 saturated carbocycles. The number of nitrogens with one attached hydrogen (secondary N) is 1. The lowest BCUT2D eigenvalue weighted by Crippen LogP contribution is -2.36. The molecule has 1 atom stereocenters. The number of sulfonamides is 1. The fourth-order valence-corrected chi connectivity index (χ4v) is 3.42. The van der Waals surface area contributed by atoms with Gasteiger partial charge in [0.05, 0.1) is 6.26 Å². The zero-order chi connectivity index (χ0) is 18.9. The van der Waals surface area contributed by atoms with Gasteiger partial charge in [-0.25, -0.2) is 13.1 Å². The summed E-state index contributed by atoms with van der Waals surface area (Å²) in [6, 6.07) is 14.2. The number of carbonyl (C=O) groups excluding carboxylic acids is 1. The van der Waals surface area contributed by atoms with Crippen LogP contribution in [0.25, 0.3) is 0 Å². The highest BCUT2D eigenvalue weighted by Crippen LogP contribution is 2.43. The monoisotopic (exact) mass is 375 g/mol. The first-order valence-electron chi connectivity index (χ1n) is 8.19. The second kappa shape index (κ2) is 6.64. The molecule has 1 aliphatic heterocycles. The van der Waals surface area contributed by atoms with Crippen LogP contribution in [0.2, 0.25) is 0 Å². The minimum Gasteiger partial charge on any atom is -0.483 e. The second-order valence-electron chi connectivity index (χ2n) is 6.93. The highest BCUT2D eigenvalue weighted by Gasteiger charge is 2.34. The van der Waals surface area contributed by atoms with Gasteiger partial charge in [0.25, 0.3) is 5.91 Å². The first-order chi connectivity index (χ1) is 12.1. The van der Waals surface area contributed by atoms with Crippen molar-refractivity contribution in [2.24, 2.45) is 0 Å². The molecule has 0 bridgehead atoms. The van der Waals surface area contributed by atoms with Crippen LogP contribution in [-0.2, 0) is 21.2 Å². The van der Waals surface area contributed by atoms with E-state index in [0.29, 0.717) is 17.1 Å². The van der Waals surface area contributed by atoms with Crippen LogP contribution in [0.15, 0.2) is 48.5 Å². The Bertz CT molecular complexity index is 922. The second-order valence-corrected chi connectivity index (χ2v) is 8.68. The molecule has 1 heterocycles. The summed E-state index contributed by atoms with van der Waals surface area (Å²) in [6.07, 6.45) is 0.536. The van der Waals surface area contributed by atoms with Gasteiger partial charge in [-0.2, -0.15) is 0 Å². The van der Waals surface area contributed by atoms with Crippen LogP contribution in [0.1, 0.15) is 31.1 Å². The van der Waals surface area contributed by atoms with Gasteiger partial charge in [-0.3, -0.25) is 4.79 Å². The number of amides is 1. The van der Waals surface area contributed by atoms with Gasteiger partial charge in [-0.05, 0) is 19.9 Å². The van der Waals surface area contributed by atoms with E-state index < -0.39 is 22.0 Å². The van der Waals surface area contributed by atoms with Crippen molar-refractivity contribution in [1.29, 1.82) is 0 Å². The predicted molar refractivity (Wildman–Crippen MR) is 97.7 cm³/mol. The SMILES string of the molecule is CC1(C)Cc2cccc(O[C@H](C(=O)NS(C)(=O)=O)c3ccccc3)c2O1. The summed E-state index contributed by atoms with van der Waals surface area (Å²) >= 11 is 0. The van der Waals surface area contributed by atoms with Crippen molar-refractivity contribution in [1.82, 2.24) is 4.72 Å². The zero-order valence-corrected chi connectivity index (χ0v) is 15.7. The molecule has 2 aromatic carbocycles. The standard InChI is InChI=1S/C19H21NO5S/c1-19(2)12-14-10-7-11-15(16(14)25-19)24-17(13-8-5-4-6-9-13)18(21)20-26(3,22)23/h4-11,17H,12H2,1-3H3,(H,20,21)/t17-/m0/s1. The van der Waals surface area contributed by atoms with E-state index in [-0.39, 0.29) is 5.60 Å². The number of carbonyl (C=O) groups is 1. The van der Waals surface area contributed by atoms with E-state index in [9.17, 15) is 13.2 Å². The maximum atomic E-state index is 12.5. The summed E-state index contributed by atoms with van der Waals surface area (Å²) in [6.45, 7) is 3.95. The lowest BCUT2D eigenvalue weighted by Gasteiger charge is -2.21. The maximum absolute atomic E-state index is 12.5. The normalized spacial score (nSPS) is 16.3. The average molecular weight is 375 g/mol.